The van der Waals surface area contributed by atoms with E-state index in [2.05, 4.69) is 0 Å². The van der Waals surface area contributed by atoms with Crippen molar-refractivity contribution < 1.29 is 9.18 Å². The van der Waals surface area contributed by atoms with Crippen molar-refractivity contribution in [3.8, 4) is 0 Å². The zero-order chi connectivity index (χ0) is 15.5. The quantitative estimate of drug-likeness (QED) is 0.687. The highest BCUT2D eigenvalue weighted by atomic mass is 32.1. The van der Waals surface area contributed by atoms with E-state index in [-0.39, 0.29) is 16.7 Å². The predicted molar refractivity (Wildman–Crippen MR) is 86.7 cm³/mol. The fourth-order valence-electron chi connectivity index (χ4n) is 3.00. The van der Waals surface area contributed by atoms with E-state index in [9.17, 15) is 9.18 Å². The molecule has 3 nitrogen and oxygen atoms in total. The Labute approximate surface area is 130 Å². The van der Waals surface area contributed by atoms with Gasteiger partial charge < -0.3 is 10.6 Å². The summed E-state index contributed by atoms with van der Waals surface area (Å²) in [7, 11) is 1.69. The van der Waals surface area contributed by atoms with Crippen LogP contribution >= 0.6 is 12.2 Å². The van der Waals surface area contributed by atoms with Crippen LogP contribution in [0.3, 0.4) is 0 Å². The van der Waals surface area contributed by atoms with Gasteiger partial charge in [0.15, 0.2) is 0 Å². The van der Waals surface area contributed by atoms with Crippen LogP contribution in [0, 0.1) is 11.2 Å². The van der Waals surface area contributed by atoms with Gasteiger partial charge in [-0.25, -0.2) is 4.39 Å². The van der Waals surface area contributed by atoms with Gasteiger partial charge >= 0.3 is 0 Å². The highest BCUT2D eigenvalue weighted by Gasteiger charge is 2.43. The summed E-state index contributed by atoms with van der Waals surface area (Å²) in [6, 6.07) is 5.88. The summed E-state index contributed by atoms with van der Waals surface area (Å²) in [4.78, 5) is 14.8. The van der Waals surface area contributed by atoms with Crippen molar-refractivity contribution in [2.75, 3.05) is 11.9 Å². The monoisotopic (exact) mass is 308 g/mol. The number of anilines is 1. The smallest absolute Gasteiger partial charge is 0.239 e. The molecule has 1 aromatic carbocycles. The Balaban J connectivity index is 2.29. The van der Waals surface area contributed by atoms with Crippen LogP contribution in [0.1, 0.15) is 38.5 Å². The second-order valence-electron chi connectivity index (χ2n) is 5.70. The Hall–Kier alpha value is -1.49. The molecule has 5 heteroatoms. The van der Waals surface area contributed by atoms with E-state index in [0.717, 1.165) is 25.7 Å². The number of nitrogens with two attached hydrogens (primary N) is 1. The first-order valence-electron chi connectivity index (χ1n) is 7.31. The van der Waals surface area contributed by atoms with Gasteiger partial charge in [0, 0.05) is 12.7 Å². The van der Waals surface area contributed by atoms with Gasteiger partial charge in [0.25, 0.3) is 0 Å². The lowest BCUT2D eigenvalue weighted by Crippen LogP contribution is -2.49. The number of hydrogen-bond donors (Lipinski definition) is 1. The van der Waals surface area contributed by atoms with E-state index >= 15 is 0 Å². The summed E-state index contributed by atoms with van der Waals surface area (Å²) >= 11 is 5.22. The van der Waals surface area contributed by atoms with Gasteiger partial charge in [0.2, 0.25) is 5.91 Å². The number of carbonyl (C=O) groups is 1. The fourth-order valence-corrected chi connectivity index (χ4v) is 3.29. The Kier molecular flexibility index (Phi) is 4.93. The molecule has 21 heavy (non-hydrogen) atoms. The van der Waals surface area contributed by atoms with Crippen LogP contribution in [0.5, 0.6) is 0 Å². The Morgan fingerprint density at radius 3 is 2.19 bits per heavy atom. The van der Waals surface area contributed by atoms with Crippen molar-refractivity contribution in [2.45, 2.75) is 38.5 Å². The molecule has 0 atom stereocenters. The zero-order valence-corrected chi connectivity index (χ0v) is 13.1. The summed E-state index contributed by atoms with van der Waals surface area (Å²) < 4.78 is 13.0. The first-order chi connectivity index (χ1) is 9.97. The molecule has 0 aliphatic heterocycles. The van der Waals surface area contributed by atoms with Gasteiger partial charge in [-0.15, -0.1) is 0 Å². The van der Waals surface area contributed by atoms with E-state index in [1.54, 1.807) is 24.1 Å². The molecule has 0 bridgehead atoms. The molecule has 1 aliphatic rings. The van der Waals surface area contributed by atoms with Crippen molar-refractivity contribution in [1.82, 2.24) is 0 Å². The Morgan fingerprint density at radius 1 is 1.19 bits per heavy atom. The standard InChI is InChI=1S/C16H21FN2OS/c1-19(13-8-6-12(17)7-9-13)15(20)16(14(18)21)10-4-2-3-5-11-16/h6-9H,2-5,10-11H2,1H3,(H2,18,21). The third kappa shape index (κ3) is 3.23. The van der Waals surface area contributed by atoms with Crippen LogP contribution < -0.4 is 10.6 Å². The molecule has 0 saturated heterocycles. The van der Waals surface area contributed by atoms with Gasteiger partial charge in [0.1, 0.15) is 5.82 Å². The van der Waals surface area contributed by atoms with E-state index in [1.807, 2.05) is 0 Å². The number of nitrogens with zero attached hydrogens (tertiary/aromatic N) is 1. The molecule has 1 saturated carbocycles. The molecule has 0 aromatic heterocycles. The summed E-state index contributed by atoms with van der Waals surface area (Å²) in [6.45, 7) is 0. The average molecular weight is 308 g/mol. The van der Waals surface area contributed by atoms with Crippen LogP contribution in [-0.2, 0) is 4.79 Å². The Bertz CT molecular complexity index is 522. The minimum atomic E-state index is -0.755. The lowest BCUT2D eigenvalue weighted by Gasteiger charge is -2.34. The third-order valence-electron chi connectivity index (χ3n) is 4.36. The second kappa shape index (κ2) is 6.52. The minimum absolute atomic E-state index is 0.0801. The molecular formula is C16H21FN2OS. The maximum absolute atomic E-state index is 13.0. The number of thiocarbonyl (C=S) groups is 1. The SMILES string of the molecule is CN(C(=O)C1(C(N)=S)CCCCCC1)c1ccc(F)cc1. The molecule has 1 aromatic rings. The first kappa shape index (κ1) is 15.9. The third-order valence-corrected chi connectivity index (χ3v) is 4.75. The fraction of sp³-hybridized carbons (Fsp3) is 0.500. The Morgan fingerprint density at radius 2 is 1.71 bits per heavy atom. The number of hydrogen-bond acceptors (Lipinski definition) is 2. The summed E-state index contributed by atoms with van der Waals surface area (Å²) in [5, 5.41) is 0. The van der Waals surface area contributed by atoms with Crippen molar-refractivity contribution in [2.24, 2.45) is 11.1 Å². The first-order valence-corrected chi connectivity index (χ1v) is 7.72. The normalized spacial score (nSPS) is 17.8. The minimum Gasteiger partial charge on any atom is -0.392 e. The lowest BCUT2D eigenvalue weighted by molar-refractivity contribution is -0.125. The van der Waals surface area contributed by atoms with Gasteiger partial charge in [-0.05, 0) is 37.1 Å². The molecule has 2 N–H and O–H groups in total. The maximum Gasteiger partial charge on any atom is 0.239 e. The predicted octanol–water partition coefficient (Wildman–Crippen LogP) is 3.42. The van der Waals surface area contributed by atoms with Crippen molar-refractivity contribution in [1.29, 1.82) is 0 Å². The van der Waals surface area contributed by atoms with E-state index < -0.39 is 5.41 Å². The largest absolute Gasteiger partial charge is 0.392 e. The van der Waals surface area contributed by atoms with Crippen LogP contribution in [0.4, 0.5) is 10.1 Å². The maximum atomic E-state index is 13.0. The molecule has 2 rings (SSSR count). The molecular weight excluding hydrogens is 287 g/mol. The van der Waals surface area contributed by atoms with Gasteiger partial charge in [-0.1, -0.05) is 37.9 Å². The highest BCUT2D eigenvalue weighted by Crippen LogP contribution is 2.38. The molecule has 0 heterocycles. The highest BCUT2D eigenvalue weighted by molar-refractivity contribution is 7.80. The summed E-state index contributed by atoms with van der Waals surface area (Å²) in [5.74, 6) is -0.401. The summed E-state index contributed by atoms with van der Waals surface area (Å²) in [6.07, 6.45) is 5.54. The molecule has 1 fully saturated rings. The van der Waals surface area contributed by atoms with E-state index in [0.29, 0.717) is 18.5 Å². The molecule has 0 spiro atoms. The second-order valence-corrected chi connectivity index (χ2v) is 6.14. The van der Waals surface area contributed by atoms with Crippen molar-refractivity contribution in [3.63, 3.8) is 0 Å². The zero-order valence-electron chi connectivity index (χ0n) is 12.3. The molecule has 1 aliphatic carbocycles. The number of rotatable bonds is 3. The van der Waals surface area contributed by atoms with Crippen molar-refractivity contribution in [3.05, 3.63) is 30.1 Å². The van der Waals surface area contributed by atoms with Gasteiger partial charge in [-0.2, -0.15) is 0 Å². The lowest BCUT2D eigenvalue weighted by atomic mass is 9.78. The summed E-state index contributed by atoms with van der Waals surface area (Å²) in [5.41, 5.74) is 5.84. The number of benzene rings is 1. The molecule has 114 valence electrons. The van der Waals surface area contributed by atoms with Crippen LogP contribution in [0.25, 0.3) is 0 Å². The van der Waals surface area contributed by atoms with Crippen LogP contribution in [0.15, 0.2) is 24.3 Å². The number of amides is 1. The average Bonchev–Trinajstić information content (AvgIpc) is 2.73. The van der Waals surface area contributed by atoms with E-state index in [4.69, 9.17) is 18.0 Å². The van der Waals surface area contributed by atoms with Gasteiger partial charge in [-0.3, -0.25) is 4.79 Å². The molecule has 0 unspecified atom stereocenters. The topological polar surface area (TPSA) is 46.3 Å². The van der Waals surface area contributed by atoms with Gasteiger partial charge in [0.05, 0.1) is 10.4 Å². The molecule has 0 radical (unpaired) electrons. The number of carbonyl (C=O) groups excluding carboxylic acids is 1. The van der Waals surface area contributed by atoms with E-state index in [1.165, 1.54) is 12.1 Å². The number of halogens is 1. The molecule has 1 amide bonds. The van der Waals surface area contributed by atoms with Crippen molar-refractivity contribution >= 4 is 28.8 Å². The van der Waals surface area contributed by atoms with Crippen LogP contribution in [-0.4, -0.2) is 17.9 Å². The van der Waals surface area contributed by atoms with Crippen LogP contribution in [0.2, 0.25) is 0 Å².